The number of halogens is 2. The van der Waals surface area contributed by atoms with E-state index < -0.39 is 15.8 Å². The molecule has 2 heterocycles. The number of benzene rings is 1. The molecule has 1 aromatic carbocycles. The summed E-state index contributed by atoms with van der Waals surface area (Å²) in [7, 11) is -1.94. The van der Waals surface area contributed by atoms with Gasteiger partial charge in [0, 0.05) is 25.7 Å². The first-order chi connectivity index (χ1) is 10.4. The monoisotopic (exact) mass is 348 g/mol. The van der Waals surface area contributed by atoms with Crippen LogP contribution in [0.4, 0.5) is 4.39 Å². The molecule has 0 aromatic heterocycles. The average Bonchev–Trinajstić information content (AvgIpc) is 2.50. The van der Waals surface area contributed by atoms with Crippen molar-refractivity contribution in [1.29, 1.82) is 0 Å². The normalized spacial score (nSPS) is 27.6. The third kappa shape index (κ3) is 2.76. The molecule has 0 bridgehead atoms. The second kappa shape index (κ2) is 6.05. The Hall–Kier alpha value is -0.730. The fourth-order valence-electron chi connectivity index (χ4n) is 3.05. The summed E-state index contributed by atoms with van der Waals surface area (Å²) in [6, 6.07) is 4.04. The molecule has 0 unspecified atom stereocenters. The summed E-state index contributed by atoms with van der Waals surface area (Å²) >= 11 is 5.71. The number of hydrogen-bond donors (Lipinski definition) is 0. The van der Waals surface area contributed by atoms with E-state index in [9.17, 15) is 12.8 Å². The minimum absolute atomic E-state index is 0.000444. The van der Waals surface area contributed by atoms with Gasteiger partial charge in [-0.05, 0) is 25.6 Å². The molecule has 0 N–H and O–H groups in total. The highest BCUT2D eigenvalue weighted by Crippen LogP contribution is 2.29. The van der Waals surface area contributed by atoms with E-state index in [0.717, 1.165) is 6.54 Å². The third-order valence-electron chi connectivity index (χ3n) is 4.36. The Balaban J connectivity index is 1.88. The Kier molecular flexibility index (Phi) is 4.44. The summed E-state index contributed by atoms with van der Waals surface area (Å²) < 4.78 is 46.5. The van der Waals surface area contributed by atoms with Crippen LogP contribution in [0.2, 0.25) is 5.02 Å². The minimum atomic E-state index is -3.90. The molecular formula is C14H18ClFN2O3S. The van der Waals surface area contributed by atoms with Crippen LogP contribution in [0.3, 0.4) is 0 Å². The van der Waals surface area contributed by atoms with Crippen LogP contribution in [0.15, 0.2) is 23.1 Å². The van der Waals surface area contributed by atoms with Gasteiger partial charge < -0.3 is 4.74 Å². The van der Waals surface area contributed by atoms with Crippen LogP contribution < -0.4 is 0 Å². The summed E-state index contributed by atoms with van der Waals surface area (Å²) in [5.41, 5.74) is 0. The van der Waals surface area contributed by atoms with Crippen LogP contribution in [-0.4, -0.2) is 63.1 Å². The van der Waals surface area contributed by atoms with Gasteiger partial charge in [0.25, 0.3) is 0 Å². The van der Waals surface area contributed by atoms with E-state index >= 15 is 0 Å². The molecule has 122 valence electrons. The van der Waals surface area contributed by atoms with Crippen molar-refractivity contribution < 1.29 is 17.5 Å². The van der Waals surface area contributed by atoms with Gasteiger partial charge in [0.05, 0.1) is 17.7 Å². The van der Waals surface area contributed by atoms with Gasteiger partial charge in [-0.1, -0.05) is 17.7 Å². The Morgan fingerprint density at radius 1 is 1.36 bits per heavy atom. The van der Waals surface area contributed by atoms with E-state index in [4.69, 9.17) is 16.3 Å². The average molecular weight is 349 g/mol. The molecule has 8 heteroatoms. The van der Waals surface area contributed by atoms with E-state index in [-0.39, 0.29) is 22.1 Å². The predicted molar refractivity (Wildman–Crippen MR) is 80.9 cm³/mol. The fourth-order valence-corrected chi connectivity index (χ4v) is 4.84. The molecule has 0 radical (unpaired) electrons. The molecule has 22 heavy (non-hydrogen) atoms. The Labute approximate surface area is 134 Å². The van der Waals surface area contributed by atoms with E-state index in [1.165, 1.54) is 22.5 Å². The van der Waals surface area contributed by atoms with Crippen LogP contribution in [0, 0.1) is 5.82 Å². The number of rotatable bonds is 2. The summed E-state index contributed by atoms with van der Waals surface area (Å²) in [4.78, 5) is 1.74. The van der Waals surface area contributed by atoms with Crippen molar-refractivity contribution in [2.45, 2.75) is 23.5 Å². The Morgan fingerprint density at radius 2 is 2.14 bits per heavy atom. The number of likely N-dealkylation sites (N-methyl/N-ethyl adjacent to an activating group) is 1. The lowest BCUT2D eigenvalue weighted by Gasteiger charge is -2.45. The van der Waals surface area contributed by atoms with Gasteiger partial charge >= 0.3 is 0 Å². The lowest BCUT2D eigenvalue weighted by atomic mass is 10.0. The van der Waals surface area contributed by atoms with Crippen molar-refractivity contribution in [1.82, 2.24) is 9.21 Å². The van der Waals surface area contributed by atoms with E-state index in [2.05, 4.69) is 4.90 Å². The molecule has 2 aliphatic heterocycles. The van der Waals surface area contributed by atoms with Gasteiger partial charge in [-0.2, -0.15) is 4.31 Å². The number of morpholine rings is 1. The number of hydrogen-bond acceptors (Lipinski definition) is 4. The van der Waals surface area contributed by atoms with Crippen LogP contribution >= 0.6 is 11.6 Å². The molecule has 1 aromatic rings. The molecule has 3 rings (SSSR count). The fraction of sp³-hybridized carbons (Fsp3) is 0.571. The quantitative estimate of drug-likeness (QED) is 0.814. The lowest BCUT2D eigenvalue weighted by Crippen LogP contribution is -2.59. The summed E-state index contributed by atoms with van der Waals surface area (Å²) in [6.45, 7) is 2.05. The van der Waals surface area contributed by atoms with Gasteiger partial charge in [-0.15, -0.1) is 0 Å². The maximum absolute atomic E-state index is 14.1. The van der Waals surface area contributed by atoms with Crippen molar-refractivity contribution in [2.75, 3.05) is 33.3 Å². The van der Waals surface area contributed by atoms with Crippen LogP contribution in [0.1, 0.15) is 6.42 Å². The Morgan fingerprint density at radius 3 is 2.91 bits per heavy atom. The minimum Gasteiger partial charge on any atom is -0.375 e. The lowest BCUT2D eigenvalue weighted by molar-refractivity contribution is -0.0840. The summed E-state index contributed by atoms with van der Waals surface area (Å²) in [5, 5.41) is -0.186. The van der Waals surface area contributed by atoms with Crippen molar-refractivity contribution >= 4 is 21.6 Å². The molecule has 2 atom stereocenters. The topological polar surface area (TPSA) is 49.9 Å². The van der Waals surface area contributed by atoms with Gasteiger partial charge in [0.2, 0.25) is 10.0 Å². The van der Waals surface area contributed by atoms with E-state index in [1.807, 2.05) is 7.05 Å². The SMILES string of the molecule is CN1CCO[C@H]2CCN(S(=O)(=O)c3cccc(Cl)c3F)C[C@H]21. The summed E-state index contributed by atoms with van der Waals surface area (Å²) in [5.74, 6) is -0.889. The zero-order valence-corrected chi connectivity index (χ0v) is 13.8. The standard InChI is InChI=1S/C14H18ClFN2O3S/c1-17-7-8-21-12-5-6-18(9-11(12)17)22(19,20)13-4-2-3-10(15)14(13)16/h2-4,11-12H,5-9H2,1H3/t11-,12+/m1/s1. The highest BCUT2D eigenvalue weighted by atomic mass is 35.5. The Bertz CT molecular complexity index is 670. The number of fused-ring (bicyclic) bond motifs is 1. The first-order valence-electron chi connectivity index (χ1n) is 7.17. The predicted octanol–water partition coefficient (Wildman–Crippen LogP) is 1.57. The molecule has 2 aliphatic rings. The third-order valence-corrected chi connectivity index (χ3v) is 6.53. The second-order valence-corrected chi connectivity index (χ2v) is 7.97. The maximum atomic E-state index is 14.1. The van der Waals surface area contributed by atoms with Gasteiger partial charge in [-0.25, -0.2) is 12.8 Å². The van der Waals surface area contributed by atoms with Crippen LogP contribution in [0.5, 0.6) is 0 Å². The van der Waals surface area contributed by atoms with Crippen molar-refractivity contribution in [2.24, 2.45) is 0 Å². The second-order valence-electron chi connectivity index (χ2n) is 5.66. The maximum Gasteiger partial charge on any atom is 0.246 e. The molecule has 2 fully saturated rings. The molecular weight excluding hydrogens is 331 g/mol. The van der Waals surface area contributed by atoms with Crippen molar-refractivity contribution in [3.05, 3.63) is 29.0 Å². The molecule has 0 spiro atoms. The summed E-state index contributed by atoms with van der Waals surface area (Å²) in [6.07, 6.45) is 0.644. The van der Waals surface area contributed by atoms with E-state index in [0.29, 0.717) is 26.1 Å². The molecule has 0 aliphatic carbocycles. The van der Waals surface area contributed by atoms with Crippen molar-refractivity contribution in [3.8, 4) is 0 Å². The zero-order chi connectivity index (χ0) is 15.9. The van der Waals surface area contributed by atoms with Gasteiger partial charge in [0.15, 0.2) is 5.82 Å². The molecule has 2 saturated heterocycles. The number of ether oxygens (including phenoxy) is 1. The van der Waals surface area contributed by atoms with Crippen LogP contribution in [0.25, 0.3) is 0 Å². The highest BCUT2D eigenvalue weighted by Gasteiger charge is 2.40. The molecule has 5 nitrogen and oxygen atoms in total. The highest BCUT2D eigenvalue weighted by molar-refractivity contribution is 7.89. The van der Waals surface area contributed by atoms with Crippen molar-refractivity contribution in [3.63, 3.8) is 0 Å². The molecule has 0 saturated carbocycles. The van der Waals surface area contributed by atoms with Crippen LogP contribution in [-0.2, 0) is 14.8 Å². The number of nitrogens with zero attached hydrogens (tertiary/aromatic N) is 2. The first-order valence-corrected chi connectivity index (χ1v) is 8.99. The largest absolute Gasteiger partial charge is 0.375 e. The molecule has 0 amide bonds. The smallest absolute Gasteiger partial charge is 0.246 e. The van der Waals surface area contributed by atoms with Gasteiger partial charge in [0.1, 0.15) is 4.90 Å². The van der Waals surface area contributed by atoms with Gasteiger partial charge in [-0.3, -0.25) is 4.90 Å². The number of piperidine rings is 1. The zero-order valence-electron chi connectivity index (χ0n) is 12.2. The van der Waals surface area contributed by atoms with E-state index in [1.54, 1.807) is 0 Å². The first kappa shape index (κ1) is 16.1. The number of sulfonamides is 1.